The summed E-state index contributed by atoms with van der Waals surface area (Å²) in [6, 6.07) is 7.49. The van der Waals surface area contributed by atoms with Gasteiger partial charge < -0.3 is 15.5 Å². The number of nitrogen functional groups attached to an aromatic ring is 1. The average Bonchev–Trinajstić information content (AvgIpc) is 3.40. The monoisotopic (exact) mass is 374 g/mol. The number of oxazole rings is 1. The highest BCUT2D eigenvalue weighted by Crippen LogP contribution is 2.29. The summed E-state index contributed by atoms with van der Waals surface area (Å²) in [6.45, 7) is 1.78. The third-order valence-electron chi connectivity index (χ3n) is 3.94. The number of nitrogens with one attached hydrogen (secondary N) is 1. The lowest BCUT2D eigenvalue weighted by Gasteiger charge is -2.06. The Hall–Kier alpha value is -4.28. The van der Waals surface area contributed by atoms with Crippen molar-refractivity contribution in [3.8, 4) is 17.4 Å². The molecule has 0 aromatic carbocycles. The van der Waals surface area contributed by atoms with E-state index in [0.29, 0.717) is 46.3 Å². The number of nitrogens with two attached hydrogens (primary N) is 1. The Morgan fingerprint density at radius 2 is 2.07 bits per heavy atom. The van der Waals surface area contributed by atoms with Gasteiger partial charge in [-0.3, -0.25) is 0 Å². The van der Waals surface area contributed by atoms with E-state index in [4.69, 9.17) is 10.2 Å². The average molecular weight is 374 g/mol. The zero-order chi connectivity index (χ0) is 19.1. The molecule has 5 rings (SSSR count). The van der Waals surface area contributed by atoms with Crippen molar-refractivity contribution in [1.82, 2.24) is 39.3 Å². The Kier molecular flexibility index (Phi) is 3.50. The van der Waals surface area contributed by atoms with E-state index in [0.717, 1.165) is 0 Å². The lowest BCUT2D eigenvalue weighted by atomic mass is 10.3. The van der Waals surface area contributed by atoms with Crippen molar-refractivity contribution in [3.05, 3.63) is 54.9 Å². The fourth-order valence-corrected chi connectivity index (χ4v) is 2.87. The molecule has 0 saturated carbocycles. The van der Waals surface area contributed by atoms with Gasteiger partial charge in [-0.15, -0.1) is 5.10 Å². The largest absolute Gasteiger partial charge is 0.431 e. The highest BCUT2D eigenvalue weighted by molar-refractivity contribution is 5.77. The molecule has 0 aliphatic heterocycles. The molecule has 0 fully saturated rings. The van der Waals surface area contributed by atoms with Crippen LogP contribution >= 0.6 is 0 Å². The summed E-state index contributed by atoms with van der Waals surface area (Å²) < 4.78 is 8.46. The van der Waals surface area contributed by atoms with Crippen molar-refractivity contribution < 1.29 is 4.42 Å². The van der Waals surface area contributed by atoms with E-state index in [1.807, 2.05) is 12.1 Å². The smallest absolute Gasteiger partial charge is 0.322 e. The molecule has 11 nitrogen and oxygen atoms in total. The molecule has 0 spiro atoms. The van der Waals surface area contributed by atoms with Crippen LogP contribution in [0.5, 0.6) is 0 Å². The van der Waals surface area contributed by atoms with Crippen LogP contribution < -0.4 is 11.1 Å². The summed E-state index contributed by atoms with van der Waals surface area (Å²) >= 11 is 0. The van der Waals surface area contributed by atoms with Gasteiger partial charge in [0.25, 0.3) is 0 Å². The molecule has 11 heteroatoms. The predicted octanol–water partition coefficient (Wildman–Crippen LogP) is 1.99. The Bertz CT molecular complexity index is 1250. The van der Waals surface area contributed by atoms with E-state index in [9.17, 15) is 0 Å². The highest BCUT2D eigenvalue weighted by Gasteiger charge is 2.18. The number of hydrogen-bond donors (Lipinski definition) is 2. The SMILES string of the molecule is Cc1nc(N)cc(-c2c(Nc3ccn(-c4ncco4)n3)nc3cccnn23)n1. The van der Waals surface area contributed by atoms with Crippen LogP contribution in [0, 0.1) is 6.92 Å². The van der Waals surface area contributed by atoms with Crippen molar-refractivity contribution in [2.24, 2.45) is 0 Å². The van der Waals surface area contributed by atoms with Crippen molar-refractivity contribution in [3.63, 3.8) is 0 Å². The summed E-state index contributed by atoms with van der Waals surface area (Å²) in [6.07, 6.45) is 6.45. The molecule has 5 heterocycles. The number of hydrogen-bond acceptors (Lipinski definition) is 9. The Labute approximate surface area is 157 Å². The van der Waals surface area contributed by atoms with Crippen LogP contribution in [0.3, 0.4) is 0 Å². The standard InChI is InChI=1S/C17H14N10O/c1-10-21-11(9-12(18)22-10)15-16(24-14-3-2-5-20-27(14)15)23-13-4-7-26(25-13)17-19-6-8-28-17/h2-9H,1H3,(H,23,25)(H2,18,21,22). The third kappa shape index (κ3) is 2.70. The molecule has 0 unspecified atom stereocenters. The minimum Gasteiger partial charge on any atom is -0.431 e. The topological polar surface area (TPSA) is 138 Å². The van der Waals surface area contributed by atoms with Gasteiger partial charge in [-0.25, -0.2) is 24.5 Å². The third-order valence-corrected chi connectivity index (χ3v) is 3.94. The molecule has 5 aromatic heterocycles. The van der Waals surface area contributed by atoms with Crippen molar-refractivity contribution in [2.45, 2.75) is 6.92 Å². The molecule has 0 saturated heterocycles. The van der Waals surface area contributed by atoms with E-state index in [1.165, 1.54) is 10.9 Å². The molecule has 0 bridgehead atoms. The molecular formula is C17H14N10O. The fraction of sp³-hybridized carbons (Fsp3) is 0.0588. The first-order valence-corrected chi connectivity index (χ1v) is 8.35. The van der Waals surface area contributed by atoms with Crippen LogP contribution in [0.4, 0.5) is 17.5 Å². The van der Waals surface area contributed by atoms with Crippen LogP contribution in [-0.2, 0) is 0 Å². The second-order valence-electron chi connectivity index (χ2n) is 5.91. The summed E-state index contributed by atoms with van der Waals surface area (Å²) in [5, 5.41) is 12.0. The maximum Gasteiger partial charge on any atom is 0.322 e. The summed E-state index contributed by atoms with van der Waals surface area (Å²) in [4.78, 5) is 17.3. The summed E-state index contributed by atoms with van der Waals surface area (Å²) in [7, 11) is 0. The van der Waals surface area contributed by atoms with E-state index in [-0.39, 0.29) is 0 Å². The first-order chi connectivity index (χ1) is 13.7. The Morgan fingerprint density at radius 1 is 1.14 bits per heavy atom. The normalized spacial score (nSPS) is 11.2. The number of anilines is 3. The zero-order valence-corrected chi connectivity index (χ0v) is 14.7. The number of aromatic nitrogens is 8. The lowest BCUT2D eigenvalue weighted by Crippen LogP contribution is -2.02. The molecule has 5 aromatic rings. The minimum atomic E-state index is 0.365. The van der Waals surface area contributed by atoms with Gasteiger partial charge in [0.15, 0.2) is 17.3 Å². The summed E-state index contributed by atoms with van der Waals surface area (Å²) in [5.74, 6) is 2.02. The van der Waals surface area contributed by atoms with Crippen molar-refractivity contribution in [1.29, 1.82) is 0 Å². The van der Waals surface area contributed by atoms with Gasteiger partial charge in [-0.1, -0.05) is 0 Å². The molecule has 138 valence electrons. The van der Waals surface area contributed by atoms with Gasteiger partial charge in [-0.05, 0) is 19.1 Å². The Morgan fingerprint density at radius 3 is 2.89 bits per heavy atom. The van der Waals surface area contributed by atoms with Gasteiger partial charge in [0.05, 0.1) is 11.9 Å². The number of aryl methyl sites for hydroxylation is 1. The van der Waals surface area contributed by atoms with Gasteiger partial charge >= 0.3 is 6.01 Å². The lowest BCUT2D eigenvalue weighted by molar-refractivity contribution is 0.510. The maximum absolute atomic E-state index is 5.92. The van der Waals surface area contributed by atoms with E-state index in [2.05, 4.69) is 35.5 Å². The molecule has 0 amide bonds. The molecular weight excluding hydrogens is 360 g/mol. The van der Waals surface area contributed by atoms with E-state index < -0.39 is 0 Å². The van der Waals surface area contributed by atoms with Crippen molar-refractivity contribution >= 4 is 23.1 Å². The van der Waals surface area contributed by atoms with E-state index in [1.54, 1.807) is 42.2 Å². The maximum atomic E-state index is 5.92. The number of imidazole rings is 1. The predicted molar refractivity (Wildman–Crippen MR) is 100 cm³/mol. The zero-order valence-electron chi connectivity index (χ0n) is 14.7. The minimum absolute atomic E-state index is 0.365. The van der Waals surface area contributed by atoms with Gasteiger partial charge in [0.2, 0.25) is 0 Å². The fourth-order valence-electron chi connectivity index (χ4n) is 2.87. The Balaban J connectivity index is 1.61. The van der Waals surface area contributed by atoms with Crippen molar-refractivity contribution in [2.75, 3.05) is 11.1 Å². The number of rotatable bonds is 4. The number of nitrogens with zero attached hydrogens (tertiary/aromatic N) is 8. The van der Waals surface area contributed by atoms with Gasteiger partial charge in [0.1, 0.15) is 23.6 Å². The van der Waals surface area contributed by atoms with Gasteiger partial charge in [-0.2, -0.15) is 9.78 Å². The molecule has 0 aliphatic carbocycles. The van der Waals surface area contributed by atoms with Crippen LogP contribution in [0.15, 0.2) is 53.5 Å². The first-order valence-electron chi connectivity index (χ1n) is 8.35. The molecule has 3 N–H and O–H groups in total. The summed E-state index contributed by atoms with van der Waals surface area (Å²) in [5.41, 5.74) is 7.82. The molecule has 28 heavy (non-hydrogen) atoms. The van der Waals surface area contributed by atoms with Crippen LogP contribution in [0.2, 0.25) is 0 Å². The molecule has 0 aliphatic rings. The quantitative estimate of drug-likeness (QED) is 0.483. The first kappa shape index (κ1) is 15.9. The molecule has 0 radical (unpaired) electrons. The highest BCUT2D eigenvalue weighted by atomic mass is 16.4. The second-order valence-corrected chi connectivity index (χ2v) is 5.91. The van der Waals surface area contributed by atoms with E-state index >= 15 is 0 Å². The van der Waals surface area contributed by atoms with Crippen LogP contribution in [-0.4, -0.2) is 39.3 Å². The second kappa shape index (κ2) is 6.16. The molecule has 0 atom stereocenters. The van der Waals surface area contributed by atoms with Gasteiger partial charge in [0, 0.05) is 24.5 Å². The van der Waals surface area contributed by atoms with Crippen LogP contribution in [0.1, 0.15) is 5.82 Å². The van der Waals surface area contributed by atoms with Crippen LogP contribution in [0.25, 0.3) is 23.0 Å². The number of fused-ring (bicyclic) bond motifs is 1.